The molecule has 2 fully saturated rings. The van der Waals surface area contributed by atoms with Gasteiger partial charge in [-0.15, -0.1) is 0 Å². The second kappa shape index (κ2) is 10.4. The van der Waals surface area contributed by atoms with Gasteiger partial charge in [-0.3, -0.25) is 14.5 Å². The minimum atomic E-state index is -0.141. The van der Waals surface area contributed by atoms with Crippen LogP contribution in [-0.2, 0) is 20.9 Å². The molecular weight excluding hydrogens is 494 g/mol. The number of furan rings is 1. The van der Waals surface area contributed by atoms with E-state index in [-0.39, 0.29) is 17.8 Å². The van der Waals surface area contributed by atoms with Gasteiger partial charge in [0.15, 0.2) is 0 Å². The van der Waals surface area contributed by atoms with Gasteiger partial charge in [0, 0.05) is 24.0 Å². The normalized spacial score (nSPS) is 18.0. The molecule has 2 aliphatic rings. The first kappa shape index (κ1) is 24.5. The van der Waals surface area contributed by atoms with E-state index in [9.17, 15) is 9.59 Å². The Labute approximate surface area is 219 Å². The molecule has 186 valence electrons. The van der Waals surface area contributed by atoms with Crippen LogP contribution in [0.2, 0.25) is 0 Å². The number of pyridine rings is 1. The van der Waals surface area contributed by atoms with E-state index >= 15 is 0 Å². The lowest BCUT2D eigenvalue weighted by molar-refractivity contribution is -0.148. The smallest absolute Gasteiger partial charge is 0.309 e. The van der Waals surface area contributed by atoms with Crippen molar-refractivity contribution in [2.75, 3.05) is 24.6 Å². The molecule has 9 heteroatoms. The fraction of sp³-hybridized carbons (Fsp3) is 0.333. The summed E-state index contributed by atoms with van der Waals surface area (Å²) in [5.41, 5.74) is 2.90. The lowest BCUT2D eigenvalue weighted by Gasteiger charge is -2.32. The summed E-state index contributed by atoms with van der Waals surface area (Å²) < 4.78 is 11.1. The van der Waals surface area contributed by atoms with Gasteiger partial charge in [0.25, 0.3) is 5.91 Å². The zero-order valence-electron chi connectivity index (χ0n) is 20.2. The first-order valence-corrected chi connectivity index (χ1v) is 13.3. The minimum absolute atomic E-state index is 0.0920. The Hall–Kier alpha value is -3.17. The largest absolute Gasteiger partial charge is 0.467 e. The Morgan fingerprint density at radius 1 is 1.28 bits per heavy atom. The average Bonchev–Trinajstić information content (AvgIpc) is 3.48. The van der Waals surface area contributed by atoms with Gasteiger partial charge in [-0.1, -0.05) is 35.6 Å². The highest BCUT2D eigenvalue weighted by Gasteiger charge is 2.33. The SMILES string of the molecule is CCOC(=O)C1CCN(c2nc3ccc(C)cc3cc2/C=C2\SC(=S)N(Cc3ccco3)C2=O)CC1. The van der Waals surface area contributed by atoms with Gasteiger partial charge in [0.05, 0.1) is 35.8 Å². The Bertz CT molecular complexity index is 1340. The zero-order chi connectivity index (χ0) is 25.2. The summed E-state index contributed by atoms with van der Waals surface area (Å²) >= 11 is 6.80. The number of aromatic nitrogens is 1. The lowest BCUT2D eigenvalue weighted by atomic mass is 9.96. The van der Waals surface area contributed by atoms with Gasteiger partial charge in [0.2, 0.25) is 0 Å². The highest BCUT2D eigenvalue weighted by atomic mass is 32.2. The fourth-order valence-corrected chi connectivity index (χ4v) is 5.83. The van der Waals surface area contributed by atoms with Crippen molar-refractivity contribution in [2.45, 2.75) is 33.2 Å². The molecule has 0 bridgehead atoms. The van der Waals surface area contributed by atoms with E-state index in [4.69, 9.17) is 26.4 Å². The number of aryl methyl sites for hydroxylation is 1. The summed E-state index contributed by atoms with van der Waals surface area (Å²) in [7, 11) is 0. The Kier molecular flexibility index (Phi) is 7.11. The highest BCUT2D eigenvalue weighted by molar-refractivity contribution is 8.26. The topological polar surface area (TPSA) is 75.9 Å². The van der Waals surface area contributed by atoms with Crippen LogP contribution in [0.1, 0.15) is 36.7 Å². The Balaban J connectivity index is 1.46. The first-order chi connectivity index (χ1) is 17.4. The van der Waals surface area contributed by atoms with Crippen LogP contribution >= 0.6 is 24.0 Å². The predicted octanol–water partition coefficient (Wildman–Crippen LogP) is 5.32. The summed E-state index contributed by atoms with van der Waals surface area (Å²) in [4.78, 5) is 34.8. The van der Waals surface area contributed by atoms with Crippen LogP contribution in [0.5, 0.6) is 0 Å². The number of hydrogen-bond acceptors (Lipinski definition) is 8. The quantitative estimate of drug-likeness (QED) is 0.245. The minimum Gasteiger partial charge on any atom is -0.467 e. The third-order valence-electron chi connectivity index (χ3n) is 6.45. The highest BCUT2D eigenvalue weighted by Crippen LogP contribution is 2.36. The summed E-state index contributed by atoms with van der Waals surface area (Å²) in [5.74, 6) is 1.13. The number of ether oxygens (including phenoxy) is 1. The fourth-order valence-electron chi connectivity index (χ4n) is 4.58. The number of thioether (sulfide) groups is 1. The molecule has 2 aliphatic heterocycles. The van der Waals surface area contributed by atoms with Crippen LogP contribution in [0, 0.1) is 12.8 Å². The summed E-state index contributed by atoms with van der Waals surface area (Å²) in [6.45, 7) is 5.96. The Morgan fingerprint density at radius 2 is 2.08 bits per heavy atom. The molecule has 0 spiro atoms. The number of anilines is 1. The van der Waals surface area contributed by atoms with Crippen molar-refractivity contribution >= 4 is 63.0 Å². The predicted molar refractivity (Wildman–Crippen MR) is 145 cm³/mol. The maximum Gasteiger partial charge on any atom is 0.309 e. The molecule has 2 saturated heterocycles. The molecule has 4 heterocycles. The summed E-state index contributed by atoms with van der Waals surface area (Å²) in [6.07, 6.45) is 4.89. The van der Waals surface area contributed by atoms with Crippen molar-refractivity contribution in [2.24, 2.45) is 5.92 Å². The molecule has 0 unspecified atom stereocenters. The second-order valence-electron chi connectivity index (χ2n) is 8.96. The van der Waals surface area contributed by atoms with Crippen LogP contribution in [0.4, 0.5) is 5.82 Å². The standard InChI is InChI=1S/C27H27N3O4S2/c1-3-33-26(32)18-8-10-29(11-9-18)24-20(14-19-13-17(2)6-7-22(19)28-24)15-23-25(31)30(27(35)36-23)16-21-5-4-12-34-21/h4-7,12-15,18H,3,8-11,16H2,1-2H3/b23-15-. The molecule has 7 nitrogen and oxygen atoms in total. The number of benzene rings is 1. The van der Waals surface area contributed by atoms with Crippen LogP contribution in [0.3, 0.4) is 0 Å². The van der Waals surface area contributed by atoms with E-state index in [1.54, 1.807) is 17.2 Å². The molecule has 36 heavy (non-hydrogen) atoms. The maximum atomic E-state index is 13.3. The van der Waals surface area contributed by atoms with Crippen molar-refractivity contribution in [3.05, 3.63) is 64.5 Å². The van der Waals surface area contributed by atoms with Crippen LogP contribution in [0.15, 0.2) is 52.0 Å². The molecule has 1 amide bonds. The number of thiocarbonyl (C=S) groups is 1. The van der Waals surface area contributed by atoms with Crippen molar-refractivity contribution < 1.29 is 18.7 Å². The molecular formula is C27H27N3O4S2. The van der Waals surface area contributed by atoms with Crippen LogP contribution < -0.4 is 4.90 Å². The number of carbonyl (C=O) groups excluding carboxylic acids is 2. The van der Waals surface area contributed by atoms with Gasteiger partial charge >= 0.3 is 5.97 Å². The molecule has 5 rings (SSSR count). The monoisotopic (exact) mass is 521 g/mol. The van der Waals surface area contributed by atoms with Crippen molar-refractivity contribution in [3.63, 3.8) is 0 Å². The molecule has 0 saturated carbocycles. The molecule has 0 aliphatic carbocycles. The van der Waals surface area contributed by atoms with E-state index in [0.29, 0.717) is 54.1 Å². The van der Waals surface area contributed by atoms with E-state index < -0.39 is 0 Å². The van der Waals surface area contributed by atoms with Crippen molar-refractivity contribution in [1.82, 2.24) is 9.88 Å². The first-order valence-electron chi connectivity index (χ1n) is 12.0. The number of rotatable bonds is 6. The number of piperidine rings is 1. The number of amides is 1. The van der Waals surface area contributed by atoms with Crippen molar-refractivity contribution in [3.8, 4) is 0 Å². The second-order valence-corrected chi connectivity index (χ2v) is 10.6. The van der Waals surface area contributed by atoms with Gasteiger partial charge in [-0.05, 0) is 63.1 Å². The van der Waals surface area contributed by atoms with Gasteiger partial charge in [0.1, 0.15) is 15.9 Å². The van der Waals surface area contributed by atoms with E-state index in [2.05, 4.69) is 17.0 Å². The maximum absolute atomic E-state index is 13.3. The molecule has 0 N–H and O–H groups in total. The number of esters is 1. The number of carbonyl (C=O) groups is 2. The zero-order valence-corrected chi connectivity index (χ0v) is 21.9. The Morgan fingerprint density at radius 3 is 2.81 bits per heavy atom. The molecule has 3 aromatic rings. The number of fused-ring (bicyclic) bond motifs is 1. The van der Waals surface area contributed by atoms with Gasteiger partial charge < -0.3 is 14.1 Å². The van der Waals surface area contributed by atoms with E-state index in [0.717, 1.165) is 27.8 Å². The summed E-state index contributed by atoms with van der Waals surface area (Å²) in [6, 6.07) is 11.9. The third kappa shape index (κ3) is 5.03. The molecule has 0 atom stereocenters. The number of nitrogens with zero attached hydrogens (tertiary/aromatic N) is 3. The van der Waals surface area contributed by atoms with Crippen LogP contribution in [-0.4, -0.2) is 45.8 Å². The van der Waals surface area contributed by atoms with Crippen molar-refractivity contribution in [1.29, 1.82) is 0 Å². The lowest BCUT2D eigenvalue weighted by Crippen LogP contribution is -2.37. The van der Waals surface area contributed by atoms with Crippen LogP contribution in [0.25, 0.3) is 17.0 Å². The van der Waals surface area contributed by atoms with Gasteiger partial charge in [-0.25, -0.2) is 4.98 Å². The van der Waals surface area contributed by atoms with E-state index in [1.807, 2.05) is 38.1 Å². The van der Waals surface area contributed by atoms with Gasteiger partial charge in [-0.2, -0.15) is 0 Å². The summed E-state index contributed by atoms with van der Waals surface area (Å²) in [5, 5.41) is 1.01. The molecule has 1 aromatic carbocycles. The third-order valence-corrected chi connectivity index (χ3v) is 7.83. The van der Waals surface area contributed by atoms with E-state index in [1.165, 1.54) is 11.8 Å². The molecule has 2 aromatic heterocycles. The molecule has 0 radical (unpaired) electrons. The average molecular weight is 522 g/mol. The number of hydrogen-bond donors (Lipinski definition) is 0.